The quantitative estimate of drug-likeness (QED) is 0.678. The fourth-order valence-electron chi connectivity index (χ4n) is 2.20. The summed E-state index contributed by atoms with van der Waals surface area (Å²) < 4.78 is 0. The zero-order valence-corrected chi connectivity index (χ0v) is 10.1. The van der Waals surface area contributed by atoms with E-state index in [1.165, 1.54) is 25.7 Å². The molecule has 1 fully saturated rings. The van der Waals surface area contributed by atoms with Crippen LogP contribution in [0.3, 0.4) is 0 Å². The van der Waals surface area contributed by atoms with Crippen LogP contribution in [-0.4, -0.2) is 9.97 Å². The number of hydrogen-bond donors (Lipinski definition) is 0. The van der Waals surface area contributed by atoms with Crippen LogP contribution in [-0.2, 0) is 0 Å². The van der Waals surface area contributed by atoms with Gasteiger partial charge in [0.25, 0.3) is 0 Å². The van der Waals surface area contributed by atoms with Gasteiger partial charge in [-0.25, -0.2) is 9.97 Å². The molecule has 2 rings (SSSR count). The van der Waals surface area contributed by atoms with Gasteiger partial charge in [-0.2, -0.15) is 0 Å². The standard InChI is InChI=1S/C12H17ClN2/c1-12(2)6-3-9(4-7-12)11-14-8-5-10(13)15-11/h5,8-9H,3-4,6-7H2,1-2H3. The van der Waals surface area contributed by atoms with Crippen molar-refractivity contribution in [2.24, 2.45) is 5.41 Å². The van der Waals surface area contributed by atoms with Crippen LogP contribution in [0, 0.1) is 5.41 Å². The topological polar surface area (TPSA) is 25.8 Å². The van der Waals surface area contributed by atoms with Crippen molar-refractivity contribution in [1.29, 1.82) is 0 Å². The molecular formula is C12H17ClN2. The molecule has 15 heavy (non-hydrogen) atoms. The van der Waals surface area contributed by atoms with E-state index in [2.05, 4.69) is 23.8 Å². The Morgan fingerprint density at radius 2 is 2.00 bits per heavy atom. The number of nitrogens with zero attached hydrogens (tertiary/aromatic N) is 2. The lowest BCUT2D eigenvalue weighted by Crippen LogP contribution is -2.21. The number of rotatable bonds is 1. The van der Waals surface area contributed by atoms with Crippen molar-refractivity contribution in [1.82, 2.24) is 9.97 Å². The minimum atomic E-state index is 0.495. The highest BCUT2D eigenvalue weighted by molar-refractivity contribution is 6.29. The SMILES string of the molecule is CC1(C)CCC(c2nccc(Cl)n2)CC1. The summed E-state index contributed by atoms with van der Waals surface area (Å²) in [5.74, 6) is 1.44. The highest BCUT2D eigenvalue weighted by Gasteiger charge is 2.28. The van der Waals surface area contributed by atoms with E-state index in [1.807, 2.05) is 0 Å². The lowest BCUT2D eigenvalue weighted by molar-refractivity contribution is 0.221. The Morgan fingerprint density at radius 1 is 1.33 bits per heavy atom. The third-order valence-corrected chi connectivity index (χ3v) is 3.56. The van der Waals surface area contributed by atoms with Crippen molar-refractivity contribution in [2.75, 3.05) is 0 Å². The molecule has 3 heteroatoms. The molecule has 0 radical (unpaired) electrons. The maximum Gasteiger partial charge on any atom is 0.133 e. The first-order valence-electron chi connectivity index (χ1n) is 5.55. The molecule has 0 bridgehead atoms. The van der Waals surface area contributed by atoms with Crippen molar-refractivity contribution in [3.8, 4) is 0 Å². The molecule has 0 saturated heterocycles. The molecule has 0 unspecified atom stereocenters. The summed E-state index contributed by atoms with van der Waals surface area (Å²) in [4.78, 5) is 8.61. The molecule has 1 aromatic heterocycles. The monoisotopic (exact) mass is 224 g/mol. The first-order valence-corrected chi connectivity index (χ1v) is 5.93. The summed E-state index contributed by atoms with van der Waals surface area (Å²) in [6.07, 6.45) is 6.65. The molecule has 1 aromatic rings. The third kappa shape index (κ3) is 2.69. The summed E-state index contributed by atoms with van der Waals surface area (Å²) in [7, 11) is 0. The van der Waals surface area contributed by atoms with E-state index in [0.29, 0.717) is 16.5 Å². The van der Waals surface area contributed by atoms with Gasteiger partial charge in [-0.3, -0.25) is 0 Å². The molecule has 82 valence electrons. The summed E-state index contributed by atoms with van der Waals surface area (Å²) >= 11 is 5.87. The van der Waals surface area contributed by atoms with Gasteiger partial charge in [0.2, 0.25) is 0 Å². The van der Waals surface area contributed by atoms with Gasteiger partial charge >= 0.3 is 0 Å². The van der Waals surface area contributed by atoms with E-state index in [4.69, 9.17) is 11.6 Å². The molecule has 0 aliphatic heterocycles. The van der Waals surface area contributed by atoms with E-state index >= 15 is 0 Å². The van der Waals surface area contributed by atoms with E-state index in [9.17, 15) is 0 Å². The third-order valence-electron chi connectivity index (χ3n) is 3.34. The Kier molecular flexibility index (Phi) is 2.96. The second kappa shape index (κ2) is 4.09. The van der Waals surface area contributed by atoms with Crippen LogP contribution in [0.2, 0.25) is 5.15 Å². The van der Waals surface area contributed by atoms with Gasteiger partial charge in [-0.05, 0) is 37.2 Å². The van der Waals surface area contributed by atoms with E-state index in [1.54, 1.807) is 12.3 Å². The molecule has 1 aliphatic carbocycles. The predicted octanol–water partition coefficient (Wildman–Crippen LogP) is 3.81. The first-order chi connectivity index (χ1) is 7.07. The zero-order chi connectivity index (χ0) is 10.9. The summed E-state index contributed by atoms with van der Waals surface area (Å²) in [6.45, 7) is 4.67. The fraction of sp³-hybridized carbons (Fsp3) is 0.667. The second-order valence-corrected chi connectivity index (χ2v) is 5.56. The maximum atomic E-state index is 5.87. The smallest absolute Gasteiger partial charge is 0.133 e. The van der Waals surface area contributed by atoms with Crippen LogP contribution in [0.15, 0.2) is 12.3 Å². The van der Waals surface area contributed by atoms with Crippen LogP contribution in [0.1, 0.15) is 51.3 Å². The van der Waals surface area contributed by atoms with Crippen LogP contribution >= 0.6 is 11.6 Å². The molecule has 0 N–H and O–H groups in total. The van der Waals surface area contributed by atoms with Gasteiger partial charge in [0.05, 0.1) is 0 Å². The summed E-state index contributed by atoms with van der Waals surface area (Å²) in [5.41, 5.74) is 0.495. The van der Waals surface area contributed by atoms with Gasteiger partial charge < -0.3 is 0 Å². The average Bonchev–Trinajstić information content (AvgIpc) is 2.17. The van der Waals surface area contributed by atoms with Crippen LogP contribution in [0.5, 0.6) is 0 Å². The number of aromatic nitrogens is 2. The van der Waals surface area contributed by atoms with Crippen molar-refractivity contribution in [3.63, 3.8) is 0 Å². The molecule has 0 aromatic carbocycles. The molecule has 0 amide bonds. The Balaban J connectivity index is 2.08. The Bertz CT molecular complexity index is 339. The molecule has 0 spiro atoms. The average molecular weight is 225 g/mol. The highest BCUT2D eigenvalue weighted by Crippen LogP contribution is 2.41. The van der Waals surface area contributed by atoms with Crippen molar-refractivity contribution in [3.05, 3.63) is 23.2 Å². The number of hydrogen-bond acceptors (Lipinski definition) is 2. The van der Waals surface area contributed by atoms with Crippen LogP contribution in [0.25, 0.3) is 0 Å². The summed E-state index contributed by atoms with van der Waals surface area (Å²) in [5, 5.41) is 0.560. The van der Waals surface area contributed by atoms with Gasteiger partial charge in [0.1, 0.15) is 11.0 Å². The van der Waals surface area contributed by atoms with Crippen molar-refractivity contribution >= 4 is 11.6 Å². The van der Waals surface area contributed by atoms with Crippen LogP contribution in [0.4, 0.5) is 0 Å². The maximum absolute atomic E-state index is 5.87. The fourth-order valence-corrected chi connectivity index (χ4v) is 2.35. The van der Waals surface area contributed by atoms with Gasteiger partial charge in [0.15, 0.2) is 0 Å². The Hall–Kier alpha value is -0.630. The van der Waals surface area contributed by atoms with Gasteiger partial charge in [-0.15, -0.1) is 0 Å². The molecule has 1 heterocycles. The second-order valence-electron chi connectivity index (χ2n) is 5.18. The molecule has 1 aliphatic rings. The minimum Gasteiger partial charge on any atom is -0.241 e. The lowest BCUT2D eigenvalue weighted by Gasteiger charge is -2.33. The summed E-state index contributed by atoms with van der Waals surface area (Å²) in [6, 6.07) is 1.73. The first kappa shape index (κ1) is 10.9. The number of halogens is 1. The van der Waals surface area contributed by atoms with E-state index in [0.717, 1.165) is 5.82 Å². The van der Waals surface area contributed by atoms with Crippen LogP contribution < -0.4 is 0 Å². The molecular weight excluding hydrogens is 208 g/mol. The molecule has 0 atom stereocenters. The van der Waals surface area contributed by atoms with E-state index in [-0.39, 0.29) is 0 Å². The highest BCUT2D eigenvalue weighted by atomic mass is 35.5. The predicted molar refractivity (Wildman–Crippen MR) is 62.0 cm³/mol. The molecule has 2 nitrogen and oxygen atoms in total. The van der Waals surface area contributed by atoms with Gasteiger partial charge in [0, 0.05) is 12.1 Å². The minimum absolute atomic E-state index is 0.495. The van der Waals surface area contributed by atoms with Crippen molar-refractivity contribution < 1.29 is 0 Å². The van der Waals surface area contributed by atoms with Crippen molar-refractivity contribution in [2.45, 2.75) is 45.4 Å². The Morgan fingerprint density at radius 3 is 2.60 bits per heavy atom. The van der Waals surface area contributed by atoms with E-state index < -0.39 is 0 Å². The molecule has 1 saturated carbocycles. The lowest BCUT2D eigenvalue weighted by atomic mass is 9.73. The zero-order valence-electron chi connectivity index (χ0n) is 9.33. The normalized spacial score (nSPS) is 21.5. The largest absolute Gasteiger partial charge is 0.241 e. The Labute approximate surface area is 96.1 Å². The van der Waals surface area contributed by atoms with Gasteiger partial charge in [-0.1, -0.05) is 25.4 Å².